The molecule has 2 unspecified atom stereocenters. The van der Waals surface area contributed by atoms with E-state index in [2.05, 4.69) is 31.8 Å². The van der Waals surface area contributed by atoms with Gasteiger partial charge in [-0.1, -0.05) is 12.1 Å². The first-order valence-corrected chi connectivity index (χ1v) is 10.3. The number of nitrogens with zero attached hydrogens (tertiary/aromatic N) is 3. The van der Waals surface area contributed by atoms with Gasteiger partial charge in [0, 0.05) is 56.5 Å². The van der Waals surface area contributed by atoms with Gasteiger partial charge in [-0.3, -0.25) is 29.7 Å². The van der Waals surface area contributed by atoms with Crippen LogP contribution in [0.25, 0.3) is 0 Å². The lowest BCUT2D eigenvalue weighted by atomic mass is 10.0. The van der Waals surface area contributed by atoms with E-state index >= 15 is 0 Å². The Labute approximate surface area is 173 Å². The number of piperidine rings is 1. The van der Waals surface area contributed by atoms with E-state index in [-0.39, 0.29) is 30.2 Å². The van der Waals surface area contributed by atoms with Gasteiger partial charge in [-0.15, -0.1) is 0 Å². The molecule has 3 aliphatic heterocycles. The van der Waals surface area contributed by atoms with Crippen molar-refractivity contribution < 1.29 is 14.4 Å². The van der Waals surface area contributed by atoms with Gasteiger partial charge in [0.15, 0.2) is 0 Å². The number of imide groups is 1. The predicted octanol–water partition coefficient (Wildman–Crippen LogP) is 0.317. The molecule has 156 valence electrons. The minimum Gasteiger partial charge on any atom is -0.322 e. The number of hydrogen-bond acceptors (Lipinski definition) is 6. The van der Waals surface area contributed by atoms with Crippen molar-refractivity contribution in [2.45, 2.75) is 38.0 Å². The van der Waals surface area contributed by atoms with Crippen LogP contribution in [0, 0.1) is 0 Å². The Morgan fingerprint density at radius 1 is 1.17 bits per heavy atom. The zero-order valence-corrected chi connectivity index (χ0v) is 16.6. The van der Waals surface area contributed by atoms with Crippen LogP contribution in [0.3, 0.4) is 0 Å². The first-order chi connectivity index (χ1) is 14.6. The second-order valence-corrected chi connectivity index (χ2v) is 8.11. The molecule has 3 N–H and O–H groups in total. The number of aromatic nitrogens is 2. The Bertz CT molecular complexity index is 989. The number of rotatable bonds is 4. The molecule has 9 heteroatoms. The molecule has 3 amide bonds. The molecule has 9 nitrogen and oxygen atoms in total. The average Bonchev–Trinajstić information content (AvgIpc) is 3.38. The van der Waals surface area contributed by atoms with Crippen LogP contribution in [0.15, 0.2) is 30.6 Å². The fourth-order valence-electron chi connectivity index (χ4n) is 4.64. The maximum absolute atomic E-state index is 13.0. The standard InChI is InChI=1S/C21H24N6O3/c28-19-4-3-17(20(29)25-19)27-12-14-2-1-13(7-16(14)21(27)30)11-26-6-5-22-10-18(26)15-8-23-24-9-15/h1-2,7-9,17-18,22H,3-6,10-12H2,(H,23,24)(H,25,28,29). The van der Waals surface area contributed by atoms with Gasteiger partial charge >= 0.3 is 0 Å². The number of H-pyrrole nitrogens is 1. The molecule has 2 saturated heterocycles. The third kappa shape index (κ3) is 3.40. The minimum absolute atomic E-state index is 0.131. The summed E-state index contributed by atoms with van der Waals surface area (Å²) in [6.07, 6.45) is 4.42. The molecular formula is C21H24N6O3. The van der Waals surface area contributed by atoms with Gasteiger partial charge in [0.2, 0.25) is 11.8 Å². The number of amides is 3. The first kappa shape index (κ1) is 19.0. The van der Waals surface area contributed by atoms with Crippen LogP contribution in [-0.4, -0.2) is 63.4 Å². The summed E-state index contributed by atoms with van der Waals surface area (Å²) in [6.45, 7) is 3.82. The number of carbonyl (C=O) groups is 3. The third-order valence-electron chi connectivity index (χ3n) is 6.24. The number of nitrogens with one attached hydrogen (secondary N) is 3. The maximum Gasteiger partial charge on any atom is 0.255 e. The number of piperazine rings is 1. The van der Waals surface area contributed by atoms with Gasteiger partial charge in [0.25, 0.3) is 5.91 Å². The predicted molar refractivity (Wildman–Crippen MR) is 107 cm³/mol. The van der Waals surface area contributed by atoms with Crippen LogP contribution < -0.4 is 10.6 Å². The number of carbonyl (C=O) groups excluding carboxylic acids is 3. The molecule has 2 fully saturated rings. The highest BCUT2D eigenvalue weighted by Gasteiger charge is 2.39. The lowest BCUT2D eigenvalue weighted by molar-refractivity contribution is -0.136. The molecule has 30 heavy (non-hydrogen) atoms. The Kier molecular flexibility index (Phi) is 4.84. The molecule has 1 aromatic heterocycles. The molecule has 4 heterocycles. The van der Waals surface area contributed by atoms with E-state index in [0.717, 1.165) is 42.9 Å². The van der Waals surface area contributed by atoms with Gasteiger partial charge in [-0.2, -0.15) is 5.10 Å². The summed E-state index contributed by atoms with van der Waals surface area (Å²) in [4.78, 5) is 40.7. The summed E-state index contributed by atoms with van der Waals surface area (Å²) < 4.78 is 0. The van der Waals surface area contributed by atoms with Crippen molar-refractivity contribution in [3.63, 3.8) is 0 Å². The largest absolute Gasteiger partial charge is 0.322 e. The van der Waals surface area contributed by atoms with Gasteiger partial charge in [-0.05, 0) is 23.6 Å². The molecule has 1 aromatic carbocycles. The van der Waals surface area contributed by atoms with Crippen molar-refractivity contribution in [3.8, 4) is 0 Å². The van der Waals surface area contributed by atoms with E-state index in [0.29, 0.717) is 18.5 Å². The van der Waals surface area contributed by atoms with Gasteiger partial charge in [0.05, 0.1) is 12.2 Å². The molecule has 5 rings (SSSR count). The van der Waals surface area contributed by atoms with Gasteiger partial charge < -0.3 is 10.2 Å². The topological polar surface area (TPSA) is 110 Å². The van der Waals surface area contributed by atoms with Crippen molar-refractivity contribution >= 4 is 17.7 Å². The zero-order valence-electron chi connectivity index (χ0n) is 16.6. The molecule has 2 aromatic rings. The van der Waals surface area contributed by atoms with E-state index < -0.39 is 6.04 Å². The summed E-state index contributed by atoms with van der Waals surface area (Å²) >= 11 is 0. The van der Waals surface area contributed by atoms with Crippen molar-refractivity contribution in [3.05, 3.63) is 52.8 Å². The monoisotopic (exact) mass is 408 g/mol. The molecule has 0 saturated carbocycles. The van der Waals surface area contributed by atoms with Crippen molar-refractivity contribution in [2.75, 3.05) is 19.6 Å². The van der Waals surface area contributed by atoms with Crippen molar-refractivity contribution in [1.29, 1.82) is 0 Å². The quantitative estimate of drug-likeness (QED) is 0.629. The Hall–Kier alpha value is -3.04. The molecule has 0 spiro atoms. The number of aromatic amines is 1. The Balaban J connectivity index is 1.33. The van der Waals surface area contributed by atoms with Crippen molar-refractivity contribution in [1.82, 2.24) is 30.6 Å². The van der Waals surface area contributed by atoms with Crippen LogP contribution >= 0.6 is 0 Å². The van der Waals surface area contributed by atoms with E-state index in [1.165, 1.54) is 0 Å². The molecular weight excluding hydrogens is 384 g/mol. The lowest BCUT2D eigenvalue weighted by Crippen LogP contribution is -2.52. The highest BCUT2D eigenvalue weighted by Crippen LogP contribution is 2.30. The SMILES string of the molecule is O=C1CCC(N2Cc3ccc(CN4CCNCC4c4cn[nH]c4)cc3C2=O)C(=O)N1. The van der Waals surface area contributed by atoms with Crippen LogP contribution in [0.5, 0.6) is 0 Å². The highest BCUT2D eigenvalue weighted by atomic mass is 16.2. The van der Waals surface area contributed by atoms with E-state index in [4.69, 9.17) is 0 Å². The normalized spacial score (nSPS) is 24.8. The molecule has 0 radical (unpaired) electrons. The van der Waals surface area contributed by atoms with Crippen LogP contribution in [-0.2, 0) is 22.7 Å². The molecule has 0 bridgehead atoms. The van der Waals surface area contributed by atoms with Gasteiger partial charge in [0.1, 0.15) is 6.04 Å². The Morgan fingerprint density at radius 2 is 2.07 bits per heavy atom. The van der Waals surface area contributed by atoms with Crippen LogP contribution in [0.1, 0.15) is 45.9 Å². The van der Waals surface area contributed by atoms with Crippen LogP contribution in [0.4, 0.5) is 0 Å². The van der Waals surface area contributed by atoms with Crippen LogP contribution in [0.2, 0.25) is 0 Å². The zero-order chi connectivity index (χ0) is 20.7. The Morgan fingerprint density at radius 3 is 2.87 bits per heavy atom. The maximum atomic E-state index is 13.0. The smallest absolute Gasteiger partial charge is 0.255 e. The summed E-state index contributed by atoms with van der Waals surface area (Å²) in [5, 5.41) is 12.7. The highest BCUT2D eigenvalue weighted by molar-refractivity contribution is 6.05. The second kappa shape index (κ2) is 7.66. The number of fused-ring (bicyclic) bond motifs is 1. The number of benzene rings is 1. The third-order valence-corrected chi connectivity index (χ3v) is 6.24. The summed E-state index contributed by atoms with van der Waals surface area (Å²) in [7, 11) is 0. The summed E-state index contributed by atoms with van der Waals surface area (Å²) in [5.74, 6) is -0.782. The van der Waals surface area contributed by atoms with Crippen molar-refractivity contribution in [2.24, 2.45) is 0 Å². The molecule has 3 aliphatic rings. The summed E-state index contributed by atoms with van der Waals surface area (Å²) in [6, 6.07) is 5.65. The van der Waals surface area contributed by atoms with Gasteiger partial charge in [-0.25, -0.2) is 0 Å². The minimum atomic E-state index is -0.579. The fourth-order valence-corrected chi connectivity index (χ4v) is 4.64. The second-order valence-electron chi connectivity index (χ2n) is 8.11. The first-order valence-electron chi connectivity index (χ1n) is 10.3. The van der Waals surface area contributed by atoms with E-state index in [1.807, 2.05) is 24.5 Å². The van der Waals surface area contributed by atoms with E-state index in [1.54, 1.807) is 4.90 Å². The molecule has 0 aliphatic carbocycles. The summed E-state index contributed by atoms with van der Waals surface area (Å²) in [5.41, 5.74) is 3.80. The number of hydrogen-bond donors (Lipinski definition) is 3. The fraction of sp³-hybridized carbons (Fsp3) is 0.429. The van der Waals surface area contributed by atoms with E-state index in [9.17, 15) is 14.4 Å². The average molecular weight is 408 g/mol. The molecule has 2 atom stereocenters. The lowest BCUT2D eigenvalue weighted by Gasteiger charge is -2.35.